The van der Waals surface area contributed by atoms with Crippen LogP contribution in [0.4, 0.5) is 0 Å². The SMILES string of the molecule is Cc1cc2c(cc1C)C(CC1CCCC1)C1=C2[Si](C)(C)C2=C(CC3CCCC3)c3cc(C)c(C)cc3C2[Si]1(C)C. The summed E-state index contributed by atoms with van der Waals surface area (Å²) < 4.78 is 0. The summed E-state index contributed by atoms with van der Waals surface area (Å²) >= 11 is 0. The average molecular weight is 565 g/mol. The van der Waals surface area contributed by atoms with E-state index in [0.29, 0.717) is 11.5 Å². The molecule has 0 N–H and O–H groups in total. The van der Waals surface area contributed by atoms with Crippen LogP contribution in [0.15, 0.2) is 34.7 Å². The molecule has 40 heavy (non-hydrogen) atoms. The van der Waals surface area contributed by atoms with Gasteiger partial charge in [-0.15, -0.1) is 0 Å². The van der Waals surface area contributed by atoms with Crippen molar-refractivity contribution in [1.29, 1.82) is 0 Å². The highest BCUT2D eigenvalue weighted by Gasteiger charge is 2.59. The van der Waals surface area contributed by atoms with Crippen molar-refractivity contribution in [3.63, 3.8) is 0 Å². The highest BCUT2D eigenvalue weighted by Crippen LogP contribution is 2.65. The molecular formula is C38H52Si2. The van der Waals surface area contributed by atoms with Crippen LogP contribution in [0.3, 0.4) is 0 Å². The Balaban J connectivity index is 1.49. The molecule has 4 aliphatic carbocycles. The van der Waals surface area contributed by atoms with Gasteiger partial charge in [0.25, 0.3) is 0 Å². The molecule has 0 radical (unpaired) electrons. The summed E-state index contributed by atoms with van der Waals surface area (Å²) in [6.07, 6.45) is 14.4. The Labute approximate surface area is 246 Å². The molecular weight excluding hydrogens is 513 g/mol. The predicted octanol–water partition coefficient (Wildman–Crippen LogP) is 11.1. The van der Waals surface area contributed by atoms with Crippen molar-refractivity contribution in [3.05, 3.63) is 79.2 Å². The van der Waals surface area contributed by atoms with Crippen LogP contribution in [-0.4, -0.2) is 16.1 Å². The highest BCUT2D eigenvalue weighted by atomic mass is 28.3. The molecule has 0 nitrogen and oxygen atoms in total. The molecule has 2 atom stereocenters. The minimum Gasteiger partial charge on any atom is -0.0723 e. The van der Waals surface area contributed by atoms with Crippen molar-refractivity contribution in [2.75, 3.05) is 0 Å². The van der Waals surface area contributed by atoms with Crippen LogP contribution in [0.25, 0.3) is 10.8 Å². The molecule has 2 heteroatoms. The molecule has 1 heterocycles. The van der Waals surface area contributed by atoms with E-state index in [1.165, 1.54) is 86.5 Å². The van der Waals surface area contributed by atoms with Gasteiger partial charge in [0, 0.05) is 11.5 Å². The number of benzene rings is 2. The summed E-state index contributed by atoms with van der Waals surface area (Å²) in [4.78, 5) is 0. The Morgan fingerprint density at radius 1 is 0.625 bits per heavy atom. The van der Waals surface area contributed by atoms with Crippen LogP contribution < -0.4 is 0 Å². The minimum atomic E-state index is -1.90. The summed E-state index contributed by atoms with van der Waals surface area (Å²) in [6, 6.07) is 10.6. The van der Waals surface area contributed by atoms with Gasteiger partial charge in [0.15, 0.2) is 0 Å². The van der Waals surface area contributed by atoms with Crippen molar-refractivity contribution >= 4 is 26.9 Å². The van der Waals surface area contributed by atoms with E-state index in [2.05, 4.69) is 78.1 Å². The fourth-order valence-electron chi connectivity index (χ4n) is 10.4. The number of aryl methyl sites for hydroxylation is 4. The number of rotatable bonds is 4. The second-order valence-electron chi connectivity index (χ2n) is 15.8. The third-order valence-electron chi connectivity index (χ3n) is 12.6. The topological polar surface area (TPSA) is 0 Å². The van der Waals surface area contributed by atoms with Crippen molar-refractivity contribution in [2.45, 2.75) is 130 Å². The minimum absolute atomic E-state index is 0.677. The van der Waals surface area contributed by atoms with Gasteiger partial charge in [-0.25, -0.2) is 0 Å². The van der Waals surface area contributed by atoms with Gasteiger partial charge in [-0.1, -0.05) is 117 Å². The predicted molar refractivity (Wildman–Crippen MR) is 179 cm³/mol. The molecule has 2 fully saturated rings. The van der Waals surface area contributed by atoms with Gasteiger partial charge < -0.3 is 0 Å². The maximum absolute atomic E-state index is 2.81. The first kappa shape index (κ1) is 27.2. The smallest absolute Gasteiger partial charge is 0.0723 e. The van der Waals surface area contributed by atoms with Gasteiger partial charge in [0.2, 0.25) is 0 Å². The fraction of sp³-hybridized carbons (Fsp3) is 0.579. The van der Waals surface area contributed by atoms with Gasteiger partial charge >= 0.3 is 0 Å². The maximum atomic E-state index is 2.81. The van der Waals surface area contributed by atoms with Crippen molar-refractivity contribution in [3.8, 4) is 0 Å². The van der Waals surface area contributed by atoms with Crippen LogP contribution in [-0.2, 0) is 0 Å². The van der Waals surface area contributed by atoms with E-state index in [4.69, 9.17) is 0 Å². The summed E-state index contributed by atoms with van der Waals surface area (Å²) in [5.74, 6) is 2.50. The molecule has 2 unspecified atom stereocenters. The normalized spacial score (nSPS) is 26.9. The highest BCUT2D eigenvalue weighted by molar-refractivity contribution is 7.08. The molecule has 0 saturated heterocycles. The molecule has 2 aromatic rings. The summed E-state index contributed by atoms with van der Waals surface area (Å²) in [7, 11) is -3.74. The van der Waals surface area contributed by atoms with Crippen molar-refractivity contribution < 1.29 is 0 Å². The largest absolute Gasteiger partial charge is 0.108 e. The number of hydrogen-bond donors (Lipinski definition) is 0. The van der Waals surface area contributed by atoms with Gasteiger partial charge in [0.05, 0.1) is 8.07 Å². The molecule has 0 bridgehead atoms. The molecule has 5 aliphatic rings. The van der Waals surface area contributed by atoms with Crippen molar-refractivity contribution in [1.82, 2.24) is 0 Å². The van der Waals surface area contributed by atoms with E-state index in [0.717, 1.165) is 11.8 Å². The molecule has 212 valence electrons. The van der Waals surface area contributed by atoms with E-state index in [-0.39, 0.29) is 0 Å². The quantitative estimate of drug-likeness (QED) is 0.324. The zero-order chi connectivity index (χ0) is 28.1. The summed E-state index contributed by atoms with van der Waals surface area (Å²) in [5, 5.41) is 5.92. The first-order valence-corrected chi connectivity index (χ1v) is 22.8. The monoisotopic (exact) mass is 564 g/mol. The van der Waals surface area contributed by atoms with Crippen LogP contribution in [0.2, 0.25) is 26.2 Å². The Bertz CT molecular complexity index is 1450. The fourth-order valence-corrected chi connectivity index (χ4v) is 22.5. The molecule has 1 aliphatic heterocycles. The molecule has 2 saturated carbocycles. The maximum Gasteiger partial charge on any atom is 0.108 e. The number of allylic oxidation sites excluding steroid dienone is 3. The number of hydrogen-bond acceptors (Lipinski definition) is 0. The van der Waals surface area contributed by atoms with Gasteiger partial charge in [-0.05, 0) is 102 Å². The first-order valence-electron chi connectivity index (χ1n) is 16.7. The van der Waals surface area contributed by atoms with Crippen LogP contribution in [0, 0.1) is 39.5 Å². The standard InChI is InChI=1S/C38H52Si2/c1-23-17-29-31(19-25(23)3)35-37(33(29)21-27-13-9-10-14-27)40(7,8)36-32-20-26(4)24(2)18-30(32)34(38(36)39(35,5)6)22-28-15-11-12-16-28/h17-20,27-28,33,36H,9-16,21-22H2,1-8H3. The number of fused-ring (bicyclic) bond motifs is 5. The molecule has 0 aromatic heterocycles. The first-order chi connectivity index (χ1) is 19.0. The lowest BCUT2D eigenvalue weighted by Crippen LogP contribution is -2.51. The van der Waals surface area contributed by atoms with E-state index in [1.807, 2.05) is 21.2 Å². The van der Waals surface area contributed by atoms with Crippen molar-refractivity contribution in [2.24, 2.45) is 11.8 Å². The van der Waals surface area contributed by atoms with E-state index >= 15 is 0 Å². The third kappa shape index (κ3) is 3.87. The second-order valence-corrected chi connectivity index (χ2v) is 24.6. The van der Waals surface area contributed by atoms with Gasteiger partial charge in [-0.3, -0.25) is 0 Å². The summed E-state index contributed by atoms with van der Waals surface area (Å²) in [5.41, 5.74) is 15.4. The zero-order valence-corrected chi connectivity index (χ0v) is 28.7. The zero-order valence-electron chi connectivity index (χ0n) is 26.7. The Hall–Kier alpha value is -1.65. The lowest BCUT2D eigenvalue weighted by Gasteiger charge is -2.48. The Morgan fingerprint density at radius 2 is 1.15 bits per heavy atom. The molecule has 2 aromatic carbocycles. The van der Waals surface area contributed by atoms with Gasteiger partial charge in [0.1, 0.15) is 8.07 Å². The van der Waals surface area contributed by atoms with E-state index < -0.39 is 16.1 Å². The Morgan fingerprint density at radius 3 is 1.77 bits per heavy atom. The van der Waals surface area contributed by atoms with Crippen LogP contribution in [0.1, 0.15) is 120 Å². The van der Waals surface area contributed by atoms with E-state index in [1.54, 1.807) is 22.3 Å². The van der Waals surface area contributed by atoms with Crippen LogP contribution in [0.5, 0.6) is 0 Å². The summed E-state index contributed by atoms with van der Waals surface area (Å²) in [6.45, 7) is 20.6. The van der Waals surface area contributed by atoms with Gasteiger partial charge in [-0.2, -0.15) is 0 Å². The lowest BCUT2D eigenvalue weighted by atomic mass is 9.88. The van der Waals surface area contributed by atoms with Crippen LogP contribution >= 0.6 is 0 Å². The molecule has 0 spiro atoms. The lowest BCUT2D eigenvalue weighted by molar-refractivity contribution is 0.476. The van der Waals surface area contributed by atoms with E-state index in [9.17, 15) is 0 Å². The molecule has 7 rings (SSSR count). The second kappa shape index (κ2) is 9.43. The average Bonchev–Trinajstić information content (AvgIpc) is 3.68. The molecule has 0 amide bonds. The third-order valence-corrected chi connectivity index (χ3v) is 20.9. The Kier molecular flexibility index (Phi) is 6.41.